The Morgan fingerprint density at radius 1 is 1.00 bits per heavy atom. The van der Waals surface area contributed by atoms with Crippen LogP contribution >= 0.6 is 0 Å². The van der Waals surface area contributed by atoms with E-state index < -0.39 is 0 Å². The lowest BCUT2D eigenvalue weighted by atomic mass is 9.70. The highest BCUT2D eigenvalue weighted by molar-refractivity contribution is 4.91. The van der Waals surface area contributed by atoms with Gasteiger partial charge in [-0.25, -0.2) is 0 Å². The van der Waals surface area contributed by atoms with E-state index in [1.807, 2.05) is 0 Å². The molecule has 2 atom stereocenters. The molecule has 2 aliphatic rings. The maximum atomic E-state index is 3.66. The largest absolute Gasteiger partial charge is 0.316 e. The van der Waals surface area contributed by atoms with Crippen LogP contribution in [0.15, 0.2) is 0 Å². The first kappa shape index (κ1) is 16.3. The van der Waals surface area contributed by atoms with Crippen molar-refractivity contribution in [2.45, 2.75) is 72.3 Å². The number of hydrogen-bond donors (Lipinski definition) is 1. The van der Waals surface area contributed by atoms with Crippen LogP contribution in [-0.4, -0.2) is 37.1 Å². The van der Waals surface area contributed by atoms with Crippen LogP contribution in [0.3, 0.4) is 0 Å². The standard InChI is InChI=1S/C18H36N2/c1-5-19-13-18(10-8-15(2)9-11-18)14-20-12-16(3)6-7-17(20)4/h15-17,19H,5-14H2,1-4H3. The van der Waals surface area contributed by atoms with Gasteiger partial charge in [0.2, 0.25) is 0 Å². The molecule has 2 rings (SSSR count). The average molecular weight is 280 g/mol. The van der Waals surface area contributed by atoms with Gasteiger partial charge in [0, 0.05) is 25.7 Å². The van der Waals surface area contributed by atoms with E-state index in [-0.39, 0.29) is 0 Å². The van der Waals surface area contributed by atoms with Crippen molar-refractivity contribution < 1.29 is 0 Å². The summed E-state index contributed by atoms with van der Waals surface area (Å²) in [7, 11) is 0. The molecular weight excluding hydrogens is 244 g/mol. The van der Waals surface area contributed by atoms with Gasteiger partial charge in [-0.05, 0) is 56.4 Å². The maximum absolute atomic E-state index is 3.66. The molecule has 1 N–H and O–H groups in total. The lowest BCUT2D eigenvalue weighted by molar-refractivity contribution is 0.0373. The van der Waals surface area contributed by atoms with Crippen molar-refractivity contribution in [2.75, 3.05) is 26.2 Å². The minimum absolute atomic E-state index is 0.549. The predicted octanol–water partition coefficient (Wildman–Crippen LogP) is 3.91. The quantitative estimate of drug-likeness (QED) is 0.821. The Labute approximate surface area is 126 Å². The van der Waals surface area contributed by atoms with Crippen molar-refractivity contribution >= 4 is 0 Å². The topological polar surface area (TPSA) is 15.3 Å². The minimum Gasteiger partial charge on any atom is -0.316 e. The van der Waals surface area contributed by atoms with Crippen LogP contribution in [-0.2, 0) is 0 Å². The first-order valence-corrected chi connectivity index (χ1v) is 8.99. The summed E-state index contributed by atoms with van der Waals surface area (Å²) in [4.78, 5) is 2.81. The third kappa shape index (κ3) is 4.21. The second-order valence-corrected chi connectivity index (χ2v) is 7.92. The van der Waals surface area contributed by atoms with E-state index in [0.717, 1.165) is 24.4 Å². The molecule has 1 aliphatic heterocycles. The molecule has 2 nitrogen and oxygen atoms in total. The summed E-state index contributed by atoms with van der Waals surface area (Å²) in [6, 6.07) is 0.795. The van der Waals surface area contributed by atoms with E-state index >= 15 is 0 Å². The van der Waals surface area contributed by atoms with E-state index in [2.05, 4.69) is 37.9 Å². The highest BCUT2D eigenvalue weighted by Crippen LogP contribution is 2.40. The van der Waals surface area contributed by atoms with Crippen molar-refractivity contribution in [2.24, 2.45) is 17.3 Å². The maximum Gasteiger partial charge on any atom is 0.00673 e. The average Bonchev–Trinajstić information content (AvgIpc) is 2.44. The zero-order chi connectivity index (χ0) is 14.6. The molecule has 1 saturated heterocycles. The van der Waals surface area contributed by atoms with Crippen LogP contribution < -0.4 is 5.32 Å². The molecular formula is C18H36N2. The summed E-state index contributed by atoms with van der Waals surface area (Å²) < 4.78 is 0. The fraction of sp³-hybridized carbons (Fsp3) is 1.00. The number of likely N-dealkylation sites (tertiary alicyclic amines) is 1. The number of nitrogens with zero attached hydrogens (tertiary/aromatic N) is 1. The predicted molar refractivity (Wildman–Crippen MR) is 88.0 cm³/mol. The molecule has 2 unspecified atom stereocenters. The lowest BCUT2D eigenvalue weighted by Gasteiger charge is -2.47. The van der Waals surface area contributed by atoms with Gasteiger partial charge in [0.15, 0.2) is 0 Å². The van der Waals surface area contributed by atoms with Crippen molar-refractivity contribution in [3.8, 4) is 0 Å². The van der Waals surface area contributed by atoms with Crippen molar-refractivity contribution in [1.82, 2.24) is 10.2 Å². The molecule has 1 aliphatic carbocycles. The summed E-state index contributed by atoms with van der Waals surface area (Å²) in [5, 5.41) is 3.66. The van der Waals surface area contributed by atoms with Crippen LogP contribution in [0.2, 0.25) is 0 Å². The second-order valence-electron chi connectivity index (χ2n) is 7.92. The molecule has 0 radical (unpaired) electrons. The van der Waals surface area contributed by atoms with Gasteiger partial charge in [0.25, 0.3) is 0 Å². The molecule has 2 fully saturated rings. The van der Waals surface area contributed by atoms with Gasteiger partial charge in [-0.15, -0.1) is 0 Å². The molecule has 0 aromatic carbocycles. The van der Waals surface area contributed by atoms with Crippen LogP contribution in [0.25, 0.3) is 0 Å². The Kier molecular flexibility index (Phi) is 5.92. The molecule has 1 saturated carbocycles. The van der Waals surface area contributed by atoms with Gasteiger partial charge < -0.3 is 5.32 Å². The highest BCUT2D eigenvalue weighted by atomic mass is 15.2. The molecule has 20 heavy (non-hydrogen) atoms. The van der Waals surface area contributed by atoms with Gasteiger partial charge in [-0.1, -0.05) is 33.6 Å². The van der Waals surface area contributed by atoms with Gasteiger partial charge in [0.05, 0.1) is 0 Å². The zero-order valence-corrected chi connectivity index (χ0v) is 14.3. The van der Waals surface area contributed by atoms with E-state index in [0.29, 0.717) is 5.41 Å². The van der Waals surface area contributed by atoms with Crippen molar-refractivity contribution in [3.63, 3.8) is 0 Å². The van der Waals surface area contributed by atoms with Crippen LogP contribution in [0.4, 0.5) is 0 Å². The fourth-order valence-electron chi connectivity index (χ4n) is 4.19. The first-order valence-electron chi connectivity index (χ1n) is 8.99. The monoisotopic (exact) mass is 280 g/mol. The minimum atomic E-state index is 0.549. The van der Waals surface area contributed by atoms with Crippen molar-refractivity contribution in [1.29, 1.82) is 0 Å². The van der Waals surface area contributed by atoms with Crippen LogP contribution in [0, 0.1) is 17.3 Å². The Bertz CT molecular complexity index is 276. The smallest absolute Gasteiger partial charge is 0.00673 e. The van der Waals surface area contributed by atoms with E-state index in [4.69, 9.17) is 0 Å². The Morgan fingerprint density at radius 3 is 2.35 bits per heavy atom. The molecule has 0 aromatic heterocycles. The molecule has 118 valence electrons. The SMILES string of the molecule is CCNCC1(CN2CC(C)CCC2C)CCC(C)CC1. The van der Waals surface area contributed by atoms with Gasteiger partial charge in [-0.3, -0.25) is 4.90 Å². The van der Waals surface area contributed by atoms with E-state index in [9.17, 15) is 0 Å². The Morgan fingerprint density at radius 2 is 1.70 bits per heavy atom. The van der Waals surface area contributed by atoms with E-state index in [1.165, 1.54) is 58.2 Å². The Balaban J connectivity index is 1.99. The molecule has 0 amide bonds. The molecule has 0 aromatic rings. The summed E-state index contributed by atoms with van der Waals surface area (Å²) in [6.07, 6.45) is 8.55. The lowest BCUT2D eigenvalue weighted by Crippen LogP contribution is -2.51. The molecule has 2 heteroatoms. The summed E-state index contributed by atoms with van der Waals surface area (Å²) in [6.45, 7) is 14.5. The molecule has 1 heterocycles. The van der Waals surface area contributed by atoms with E-state index in [1.54, 1.807) is 0 Å². The summed E-state index contributed by atoms with van der Waals surface area (Å²) in [5.41, 5.74) is 0.549. The van der Waals surface area contributed by atoms with Crippen molar-refractivity contribution in [3.05, 3.63) is 0 Å². The van der Waals surface area contributed by atoms with Crippen LogP contribution in [0.5, 0.6) is 0 Å². The fourth-order valence-corrected chi connectivity index (χ4v) is 4.19. The van der Waals surface area contributed by atoms with Gasteiger partial charge in [-0.2, -0.15) is 0 Å². The van der Waals surface area contributed by atoms with Crippen LogP contribution in [0.1, 0.15) is 66.2 Å². The molecule has 0 bridgehead atoms. The number of piperidine rings is 1. The third-order valence-corrected chi connectivity index (χ3v) is 5.87. The number of rotatable bonds is 5. The number of hydrogen-bond acceptors (Lipinski definition) is 2. The summed E-state index contributed by atoms with van der Waals surface area (Å²) >= 11 is 0. The number of nitrogens with one attached hydrogen (secondary N) is 1. The normalized spacial score (nSPS) is 39.9. The highest BCUT2D eigenvalue weighted by Gasteiger charge is 2.37. The molecule has 0 spiro atoms. The van der Waals surface area contributed by atoms with Gasteiger partial charge in [0.1, 0.15) is 0 Å². The third-order valence-electron chi connectivity index (χ3n) is 5.87. The Hall–Kier alpha value is -0.0800. The summed E-state index contributed by atoms with van der Waals surface area (Å²) in [5.74, 6) is 1.84. The first-order chi connectivity index (χ1) is 9.54. The zero-order valence-electron chi connectivity index (χ0n) is 14.3. The second kappa shape index (κ2) is 7.26. The van der Waals surface area contributed by atoms with Gasteiger partial charge >= 0.3 is 0 Å².